The Balaban J connectivity index is 1.64. The number of rotatable bonds is 8. The zero-order chi connectivity index (χ0) is 25.9. The van der Waals surface area contributed by atoms with Crippen molar-refractivity contribution < 1.29 is 27.4 Å². The molecule has 2 heterocycles. The molecule has 36 heavy (non-hydrogen) atoms. The highest BCUT2D eigenvalue weighted by Crippen LogP contribution is 2.27. The lowest BCUT2D eigenvalue weighted by Gasteiger charge is -2.34. The molecule has 4 rings (SSSR count). The molecule has 1 aliphatic heterocycles. The number of carbonyl (C=O) groups excluding carboxylic acids is 1. The molecule has 0 bridgehead atoms. The zero-order valence-electron chi connectivity index (χ0n) is 20.8. The Kier molecular flexibility index (Phi) is 8.26. The largest absolute Gasteiger partial charge is 0.495 e. The van der Waals surface area contributed by atoms with E-state index in [0.29, 0.717) is 49.0 Å². The number of methoxy groups -OCH3 is 1. The topological polar surface area (TPSA) is 99.4 Å². The lowest BCUT2D eigenvalue weighted by atomic mass is 10.2. The van der Waals surface area contributed by atoms with Crippen LogP contribution in [0.2, 0.25) is 0 Å². The van der Waals surface area contributed by atoms with E-state index in [1.54, 1.807) is 7.11 Å². The molecule has 1 amide bonds. The molecular weight excluding hydrogens is 502 g/mol. The monoisotopic (exact) mass is 533 g/mol. The number of hydrogen-bond donors (Lipinski definition) is 0. The lowest BCUT2D eigenvalue weighted by molar-refractivity contribution is -0.0440. The molecule has 3 aromatic rings. The van der Waals surface area contributed by atoms with Crippen molar-refractivity contribution in [1.82, 2.24) is 8.87 Å². The van der Waals surface area contributed by atoms with Crippen LogP contribution in [0.4, 0.5) is 0 Å². The summed E-state index contributed by atoms with van der Waals surface area (Å²) in [5.41, 5.74) is 1.16. The smallest absolute Gasteiger partial charge is 0.279 e. The minimum Gasteiger partial charge on any atom is -0.495 e. The Morgan fingerprint density at radius 1 is 1.14 bits per heavy atom. The van der Waals surface area contributed by atoms with Crippen LogP contribution in [0.5, 0.6) is 5.75 Å². The molecule has 0 aliphatic carbocycles. The summed E-state index contributed by atoms with van der Waals surface area (Å²) in [4.78, 5) is 18.1. The lowest BCUT2D eigenvalue weighted by Crippen LogP contribution is -2.48. The van der Waals surface area contributed by atoms with Crippen molar-refractivity contribution in [3.8, 4) is 5.75 Å². The molecule has 2 aromatic carbocycles. The van der Waals surface area contributed by atoms with Crippen LogP contribution < -0.4 is 9.54 Å². The van der Waals surface area contributed by atoms with Gasteiger partial charge in [-0.15, -0.1) is 0 Å². The minimum absolute atomic E-state index is 0.138. The first-order valence-electron chi connectivity index (χ1n) is 11.8. The van der Waals surface area contributed by atoms with Crippen LogP contribution in [0, 0.1) is 0 Å². The number of nitrogens with zero attached hydrogens (tertiary/aromatic N) is 3. The van der Waals surface area contributed by atoms with E-state index in [1.165, 1.54) is 39.9 Å². The highest BCUT2D eigenvalue weighted by Gasteiger charge is 2.32. The van der Waals surface area contributed by atoms with Crippen molar-refractivity contribution in [2.75, 3.05) is 33.4 Å². The van der Waals surface area contributed by atoms with Gasteiger partial charge in [0.15, 0.2) is 4.80 Å². The van der Waals surface area contributed by atoms with Gasteiger partial charge in [-0.25, -0.2) is 8.42 Å². The summed E-state index contributed by atoms with van der Waals surface area (Å²) in [7, 11) is -2.09. The van der Waals surface area contributed by atoms with E-state index >= 15 is 0 Å². The Morgan fingerprint density at radius 2 is 1.83 bits per heavy atom. The number of aromatic nitrogens is 1. The van der Waals surface area contributed by atoms with Crippen molar-refractivity contribution in [2.45, 2.75) is 44.4 Å². The fourth-order valence-electron chi connectivity index (χ4n) is 4.25. The number of morpholine rings is 1. The Hall–Kier alpha value is -2.57. The molecule has 0 saturated carbocycles. The minimum atomic E-state index is -3.69. The van der Waals surface area contributed by atoms with E-state index in [0.717, 1.165) is 10.2 Å². The van der Waals surface area contributed by atoms with Gasteiger partial charge in [0.25, 0.3) is 5.91 Å². The fourth-order valence-corrected chi connectivity index (χ4v) is 6.91. The Labute approximate surface area is 215 Å². The third kappa shape index (κ3) is 5.55. The molecule has 194 valence electrons. The number of carbonyl (C=O) groups is 1. The third-order valence-corrected chi connectivity index (χ3v) is 8.76. The summed E-state index contributed by atoms with van der Waals surface area (Å²) in [6.07, 6.45) is -0.366. The average molecular weight is 534 g/mol. The summed E-state index contributed by atoms with van der Waals surface area (Å²) < 4.78 is 47.2. The predicted octanol–water partition coefficient (Wildman–Crippen LogP) is 3.29. The summed E-state index contributed by atoms with van der Waals surface area (Å²) in [5.74, 6) is 0.235. The molecule has 0 spiro atoms. The van der Waals surface area contributed by atoms with Crippen molar-refractivity contribution in [3.05, 3.63) is 52.8 Å². The number of fused-ring (bicyclic) bond motifs is 1. The first-order valence-corrected chi connectivity index (χ1v) is 14.1. The second kappa shape index (κ2) is 11.2. The van der Waals surface area contributed by atoms with Crippen LogP contribution in [0.1, 0.15) is 31.1 Å². The summed E-state index contributed by atoms with van der Waals surface area (Å²) in [5, 5.41) is 0. The van der Waals surface area contributed by atoms with Gasteiger partial charge in [0.1, 0.15) is 11.3 Å². The van der Waals surface area contributed by atoms with Gasteiger partial charge in [-0.3, -0.25) is 4.79 Å². The zero-order valence-corrected chi connectivity index (χ0v) is 22.5. The maximum atomic E-state index is 13.1. The standard InChI is InChI=1S/C25H31N3O6S2/c1-5-33-14-13-28-23-21(32-4)7-6-8-22(23)35-25(28)26-24(29)19-9-11-20(12-10-19)36(30,31)27-15-17(2)34-18(3)16-27/h6-12,17-18H,5,13-16H2,1-4H3. The number of para-hydroxylation sites is 1. The molecule has 2 atom stereocenters. The van der Waals surface area contributed by atoms with Crippen molar-refractivity contribution in [2.24, 2.45) is 4.99 Å². The average Bonchev–Trinajstić information content (AvgIpc) is 3.20. The van der Waals surface area contributed by atoms with Crippen LogP contribution in [-0.4, -0.2) is 68.8 Å². The van der Waals surface area contributed by atoms with Crippen LogP contribution in [0.15, 0.2) is 52.4 Å². The van der Waals surface area contributed by atoms with Gasteiger partial charge in [-0.2, -0.15) is 9.30 Å². The molecule has 0 radical (unpaired) electrons. The first kappa shape index (κ1) is 26.5. The molecule has 11 heteroatoms. The van der Waals surface area contributed by atoms with E-state index in [2.05, 4.69) is 4.99 Å². The number of sulfonamides is 1. The molecule has 0 N–H and O–H groups in total. The number of benzene rings is 2. The maximum absolute atomic E-state index is 13.1. The first-order chi connectivity index (χ1) is 17.2. The van der Waals surface area contributed by atoms with E-state index < -0.39 is 15.9 Å². The van der Waals surface area contributed by atoms with Gasteiger partial charge in [0.05, 0.1) is 35.5 Å². The summed E-state index contributed by atoms with van der Waals surface area (Å²) in [6.45, 7) is 7.77. The second-order valence-electron chi connectivity index (χ2n) is 8.56. The number of ether oxygens (including phenoxy) is 3. The summed E-state index contributed by atoms with van der Waals surface area (Å²) >= 11 is 1.39. The van der Waals surface area contributed by atoms with E-state index in [1.807, 2.05) is 43.5 Å². The second-order valence-corrected chi connectivity index (χ2v) is 11.5. The van der Waals surface area contributed by atoms with Gasteiger partial charge in [-0.1, -0.05) is 17.4 Å². The van der Waals surface area contributed by atoms with Gasteiger partial charge < -0.3 is 18.8 Å². The normalized spacial score (nSPS) is 19.6. The highest BCUT2D eigenvalue weighted by molar-refractivity contribution is 7.89. The fraction of sp³-hybridized carbons (Fsp3) is 0.440. The van der Waals surface area contributed by atoms with E-state index in [9.17, 15) is 13.2 Å². The van der Waals surface area contributed by atoms with Crippen LogP contribution in [0.3, 0.4) is 0 Å². The maximum Gasteiger partial charge on any atom is 0.279 e. The van der Waals surface area contributed by atoms with Gasteiger partial charge in [0, 0.05) is 31.8 Å². The van der Waals surface area contributed by atoms with E-state index in [-0.39, 0.29) is 17.1 Å². The molecule has 9 nitrogen and oxygen atoms in total. The molecule has 1 saturated heterocycles. The summed E-state index contributed by atoms with van der Waals surface area (Å²) in [6, 6.07) is 11.6. The third-order valence-electron chi connectivity index (χ3n) is 5.87. The number of thiazole rings is 1. The van der Waals surface area contributed by atoms with Crippen LogP contribution >= 0.6 is 11.3 Å². The molecule has 1 fully saturated rings. The predicted molar refractivity (Wildman–Crippen MR) is 138 cm³/mol. The van der Waals surface area contributed by atoms with Gasteiger partial charge in [0.2, 0.25) is 10.0 Å². The number of hydrogen-bond acceptors (Lipinski definition) is 7. The Bertz CT molecular complexity index is 1390. The number of amides is 1. The molecule has 1 aliphatic rings. The van der Waals surface area contributed by atoms with Gasteiger partial charge >= 0.3 is 0 Å². The van der Waals surface area contributed by atoms with Crippen LogP contribution in [-0.2, 0) is 26.0 Å². The quantitative estimate of drug-likeness (QED) is 0.412. The van der Waals surface area contributed by atoms with Crippen LogP contribution in [0.25, 0.3) is 10.2 Å². The van der Waals surface area contributed by atoms with Crippen molar-refractivity contribution in [3.63, 3.8) is 0 Å². The van der Waals surface area contributed by atoms with Crippen molar-refractivity contribution >= 4 is 37.5 Å². The van der Waals surface area contributed by atoms with Crippen molar-refractivity contribution in [1.29, 1.82) is 0 Å². The SMILES string of the molecule is CCOCCn1c(=NC(=O)c2ccc(S(=O)(=O)N3CC(C)OC(C)C3)cc2)sc2cccc(OC)c21. The highest BCUT2D eigenvalue weighted by atomic mass is 32.2. The van der Waals surface area contributed by atoms with E-state index in [4.69, 9.17) is 14.2 Å². The molecule has 1 aromatic heterocycles. The van der Waals surface area contributed by atoms with Gasteiger partial charge in [-0.05, 0) is 57.2 Å². The molecule has 2 unspecified atom stereocenters. The Morgan fingerprint density at radius 3 is 2.47 bits per heavy atom. The molecular formula is C25H31N3O6S2.